The van der Waals surface area contributed by atoms with E-state index in [1.54, 1.807) is 12.1 Å². The maximum Gasteiger partial charge on any atom is 0.239 e. The summed E-state index contributed by atoms with van der Waals surface area (Å²) >= 11 is 0. The van der Waals surface area contributed by atoms with Crippen LogP contribution < -0.4 is 0 Å². The summed E-state index contributed by atoms with van der Waals surface area (Å²) in [5, 5.41) is 11.8. The van der Waals surface area contributed by atoms with Crippen molar-refractivity contribution in [1.29, 1.82) is 0 Å². The lowest BCUT2D eigenvalue weighted by Gasteiger charge is -2.04. The average Bonchev–Trinajstić information content (AvgIpc) is 2.54. The van der Waals surface area contributed by atoms with Crippen molar-refractivity contribution in [2.45, 2.75) is 0 Å². The Labute approximate surface area is 122 Å². The number of hydrogen-bond donors (Lipinski definition) is 1. The summed E-state index contributed by atoms with van der Waals surface area (Å²) in [5.41, 5.74) is 1.00. The molecule has 21 heavy (non-hydrogen) atoms. The van der Waals surface area contributed by atoms with Crippen molar-refractivity contribution >= 4 is 16.6 Å². The van der Waals surface area contributed by atoms with E-state index in [1.165, 1.54) is 0 Å². The van der Waals surface area contributed by atoms with Crippen molar-refractivity contribution in [1.82, 2.24) is 0 Å². The highest BCUT2D eigenvalue weighted by atomic mass is 16.3. The first-order valence-corrected chi connectivity index (χ1v) is 6.58. The van der Waals surface area contributed by atoms with Crippen molar-refractivity contribution in [3.63, 3.8) is 0 Å². The van der Waals surface area contributed by atoms with Gasteiger partial charge in [-0.2, -0.15) is 0 Å². The van der Waals surface area contributed by atoms with Crippen molar-refractivity contribution in [3.05, 3.63) is 77.9 Å². The summed E-state index contributed by atoms with van der Waals surface area (Å²) < 4.78 is 0. The van der Waals surface area contributed by atoms with Crippen LogP contribution >= 0.6 is 0 Å². The van der Waals surface area contributed by atoms with Gasteiger partial charge in [0.25, 0.3) is 0 Å². The van der Waals surface area contributed by atoms with Gasteiger partial charge in [-0.15, -0.1) is 0 Å². The molecule has 0 radical (unpaired) electrons. The van der Waals surface area contributed by atoms with E-state index in [0.29, 0.717) is 5.39 Å². The van der Waals surface area contributed by atoms with E-state index in [2.05, 4.69) is 11.8 Å². The quantitative estimate of drug-likeness (QED) is 0.540. The lowest BCUT2D eigenvalue weighted by atomic mass is 10.0. The Bertz CT molecular complexity index is 868. The molecule has 0 atom stereocenters. The van der Waals surface area contributed by atoms with Gasteiger partial charge >= 0.3 is 0 Å². The van der Waals surface area contributed by atoms with Crippen LogP contribution in [0.15, 0.2) is 66.7 Å². The monoisotopic (exact) mass is 272 g/mol. The number of aromatic hydroxyl groups is 1. The Balaban J connectivity index is 1.99. The Hall–Kier alpha value is -3.05. The fourth-order valence-electron chi connectivity index (χ4n) is 2.16. The molecule has 3 aromatic carbocycles. The predicted octanol–water partition coefficient (Wildman–Crippen LogP) is 3.78. The van der Waals surface area contributed by atoms with Crippen LogP contribution in [0, 0.1) is 11.8 Å². The molecule has 0 bridgehead atoms. The van der Waals surface area contributed by atoms with E-state index in [0.717, 1.165) is 10.9 Å². The van der Waals surface area contributed by atoms with E-state index in [1.807, 2.05) is 54.6 Å². The number of fused-ring (bicyclic) bond motifs is 1. The smallest absolute Gasteiger partial charge is 0.239 e. The van der Waals surface area contributed by atoms with Gasteiger partial charge in [0.15, 0.2) is 0 Å². The van der Waals surface area contributed by atoms with Gasteiger partial charge in [0.2, 0.25) is 5.78 Å². The molecule has 0 aromatic heterocycles. The zero-order valence-corrected chi connectivity index (χ0v) is 11.2. The van der Waals surface area contributed by atoms with E-state index >= 15 is 0 Å². The Kier molecular flexibility index (Phi) is 3.41. The number of phenols is 1. The third-order valence-corrected chi connectivity index (χ3v) is 3.24. The van der Waals surface area contributed by atoms with Crippen molar-refractivity contribution in [2.75, 3.05) is 0 Å². The van der Waals surface area contributed by atoms with Crippen molar-refractivity contribution in [3.8, 4) is 17.6 Å². The topological polar surface area (TPSA) is 37.3 Å². The Morgan fingerprint density at radius 3 is 2.38 bits per heavy atom. The van der Waals surface area contributed by atoms with Crippen LogP contribution in [-0.2, 0) is 0 Å². The van der Waals surface area contributed by atoms with E-state index in [-0.39, 0.29) is 17.1 Å². The molecular formula is C19H12O2. The molecule has 0 fully saturated rings. The molecule has 3 rings (SSSR count). The highest BCUT2D eigenvalue weighted by molar-refractivity contribution is 6.13. The highest BCUT2D eigenvalue weighted by Gasteiger charge is 2.11. The summed E-state index contributed by atoms with van der Waals surface area (Å²) in [4.78, 5) is 12.1. The van der Waals surface area contributed by atoms with Crippen LogP contribution in [0.2, 0.25) is 0 Å². The van der Waals surface area contributed by atoms with Gasteiger partial charge in [-0.25, -0.2) is 0 Å². The molecule has 3 aromatic rings. The Morgan fingerprint density at radius 1 is 0.857 bits per heavy atom. The zero-order valence-electron chi connectivity index (χ0n) is 11.2. The zero-order chi connectivity index (χ0) is 14.7. The molecule has 0 spiro atoms. The van der Waals surface area contributed by atoms with Crippen LogP contribution in [-0.4, -0.2) is 10.9 Å². The minimum absolute atomic E-state index is 0.0135. The number of carbonyl (C=O) groups is 1. The molecule has 1 N–H and O–H groups in total. The normalized spacial score (nSPS) is 9.90. The summed E-state index contributed by atoms with van der Waals surface area (Å²) in [6.45, 7) is 0. The summed E-state index contributed by atoms with van der Waals surface area (Å²) in [6, 6.07) is 20.1. The minimum Gasteiger partial charge on any atom is -0.507 e. The second-order valence-corrected chi connectivity index (χ2v) is 4.63. The van der Waals surface area contributed by atoms with Crippen LogP contribution in [0.25, 0.3) is 10.8 Å². The van der Waals surface area contributed by atoms with Crippen LogP contribution in [0.1, 0.15) is 15.9 Å². The fraction of sp³-hybridized carbons (Fsp3) is 0. The molecule has 0 amide bonds. The molecule has 0 saturated heterocycles. The standard InChI is InChI=1S/C19H12O2/c20-18(13-10-14-6-2-1-3-7-14)17-12-11-15-8-4-5-9-16(15)19(17)21/h1-9,11-12,21H. The summed E-state index contributed by atoms with van der Waals surface area (Å²) in [5.74, 6) is 4.98. The summed E-state index contributed by atoms with van der Waals surface area (Å²) in [7, 11) is 0. The molecule has 0 aliphatic heterocycles. The Morgan fingerprint density at radius 2 is 1.57 bits per heavy atom. The minimum atomic E-state index is -0.387. The number of rotatable bonds is 1. The maximum atomic E-state index is 12.1. The molecular weight excluding hydrogens is 260 g/mol. The van der Waals surface area contributed by atoms with Crippen LogP contribution in [0.3, 0.4) is 0 Å². The van der Waals surface area contributed by atoms with Gasteiger partial charge < -0.3 is 5.11 Å². The van der Waals surface area contributed by atoms with Gasteiger partial charge in [0.1, 0.15) is 5.75 Å². The van der Waals surface area contributed by atoms with Gasteiger partial charge in [0.05, 0.1) is 5.56 Å². The fourth-order valence-corrected chi connectivity index (χ4v) is 2.16. The SMILES string of the molecule is O=C(C#Cc1ccccc1)c1ccc2ccccc2c1O. The largest absolute Gasteiger partial charge is 0.507 e. The maximum absolute atomic E-state index is 12.1. The summed E-state index contributed by atoms with van der Waals surface area (Å²) in [6.07, 6.45) is 0. The van der Waals surface area contributed by atoms with E-state index < -0.39 is 0 Å². The molecule has 0 aliphatic rings. The third kappa shape index (κ3) is 2.63. The number of benzene rings is 3. The number of carbonyl (C=O) groups excluding carboxylic acids is 1. The molecule has 100 valence electrons. The number of hydrogen-bond acceptors (Lipinski definition) is 2. The van der Waals surface area contributed by atoms with Crippen LogP contribution in [0.5, 0.6) is 5.75 Å². The first-order valence-electron chi connectivity index (χ1n) is 6.58. The van der Waals surface area contributed by atoms with E-state index in [9.17, 15) is 9.90 Å². The molecule has 0 unspecified atom stereocenters. The third-order valence-electron chi connectivity index (χ3n) is 3.24. The van der Waals surface area contributed by atoms with Gasteiger partial charge in [-0.3, -0.25) is 4.79 Å². The highest BCUT2D eigenvalue weighted by Crippen LogP contribution is 2.28. The first kappa shape index (κ1) is 13.0. The molecule has 0 saturated carbocycles. The molecule has 2 heteroatoms. The number of phenolic OH excluding ortho intramolecular Hbond substituents is 1. The molecule has 2 nitrogen and oxygen atoms in total. The van der Waals surface area contributed by atoms with Crippen molar-refractivity contribution < 1.29 is 9.90 Å². The van der Waals surface area contributed by atoms with Gasteiger partial charge in [-0.1, -0.05) is 54.5 Å². The predicted molar refractivity (Wildman–Crippen MR) is 83.3 cm³/mol. The van der Waals surface area contributed by atoms with Crippen molar-refractivity contribution in [2.24, 2.45) is 0 Å². The second-order valence-electron chi connectivity index (χ2n) is 4.63. The van der Waals surface area contributed by atoms with Gasteiger partial charge in [0, 0.05) is 10.9 Å². The lowest BCUT2D eigenvalue weighted by Crippen LogP contribution is -1.96. The van der Waals surface area contributed by atoms with Gasteiger partial charge in [-0.05, 0) is 29.5 Å². The lowest BCUT2D eigenvalue weighted by molar-refractivity contribution is 0.105. The number of Topliss-reactive ketones (excluding diaryl/α,β-unsaturated/α-hetero) is 1. The molecule has 0 aliphatic carbocycles. The first-order chi connectivity index (χ1) is 10.3. The number of ketones is 1. The van der Waals surface area contributed by atoms with E-state index in [4.69, 9.17) is 0 Å². The van der Waals surface area contributed by atoms with Crippen LogP contribution in [0.4, 0.5) is 0 Å². The average molecular weight is 272 g/mol. The molecule has 0 heterocycles. The second kappa shape index (κ2) is 5.52.